The summed E-state index contributed by atoms with van der Waals surface area (Å²) >= 11 is 0. The standard InChI is InChI=1S/C15H14N2O2/c18-12-5-7-13(8-6-12)19-10-9-17-11-16-14-3-1-2-4-15(14)17/h1-8,11,18H,9-10H2. The molecule has 0 unspecified atom stereocenters. The number of ether oxygens (including phenoxy) is 1. The van der Waals surface area contributed by atoms with Gasteiger partial charge in [-0.15, -0.1) is 0 Å². The van der Waals surface area contributed by atoms with Gasteiger partial charge in [0.15, 0.2) is 0 Å². The third-order valence-electron chi connectivity index (χ3n) is 2.97. The van der Waals surface area contributed by atoms with E-state index in [0.717, 1.165) is 23.3 Å². The van der Waals surface area contributed by atoms with Crippen LogP contribution < -0.4 is 4.74 Å². The van der Waals surface area contributed by atoms with Crippen LogP contribution >= 0.6 is 0 Å². The molecule has 0 aliphatic carbocycles. The summed E-state index contributed by atoms with van der Waals surface area (Å²) in [6.07, 6.45) is 1.82. The highest BCUT2D eigenvalue weighted by molar-refractivity contribution is 5.74. The lowest BCUT2D eigenvalue weighted by Crippen LogP contribution is -2.07. The molecule has 1 heterocycles. The third kappa shape index (κ3) is 2.52. The van der Waals surface area contributed by atoms with Crippen LogP contribution in [0.2, 0.25) is 0 Å². The fraction of sp³-hybridized carbons (Fsp3) is 0.133. The van der Waals surface area contributed by atoms with Crippen molar-refractivity contribution in [3.63, 3.8) is 0 Å². The van der Waals surface area contributed by atoms with E-state index in [0.29, 0.717) is 6.61 Å². The summed E-state index contributed by atoms with van der Waals surface area (Å²) in [5.41, 5.74) is 2.10. The first-order valence-electron chi connectivity index (χ1n) is 6.14. The van der Waals surface area contributed by atoms with Crippen LogP contribution in [0, 0.1) is 0 Å². The molecule has 1 N–H and O–H groups in total. The van der Waals surface area contributed by atoms with Crippen LogP contribution in [0.3, 0.4) is 0 Å². The summed E-state index contributed by atoms with van der Waals surface area (Å²) in [6.45, 7) is 1.30. The molecule has 3 aromatic rings. The van der Waals surface area contributed by atoms with Crippen molar-refractivity contribution in [3.05, 3.63) is 54.9 Å². The van der Waals surface area contributed by atoms with E-state index in [2.05, 4.69) is 9.55 Å². The highest BCUT2D eigenvalue weighted by Crippen LogP contribution is 2.16. The van der Waals surface area contributed by atoms with Gasteiger partial charge < -0.3 is 14.4 Å². The predicted molar refractivity (Wildman–Crippen MR) is 73.3 cm³/mol. The summed E-state index contributed by atoms with van der Waals surface area (Å²) in [5, 5.41) is 9.18. The van der Waals surface area contributed by atoms with Crippen LogP contribution in [0.1, 0.15) is 0 Å². The number of aromatic nitrogens is 2. The van der Waals surface area contributed by atoms with Crippen molar-refractivity contribution < 1.29 is 9.84 Å². The lowest BCUT2D eigenvalue weighted by molar-refractivity contribution is 0.299. The Hall–Kier alpha value is -2.49. The Morgan fingerprint density at radius 3 is 2.68 bits per heavy atom. The van der Waals surface area contributed by atoms with Crippen LogP contribution in [-0.2, 0) is 6.54 Å². The van der Waals surface area contributed by atoms with E-state index in [1.807, 2.05) is 30.6 Å². The Labute approximate surface area is 110 Å². The quantitative estimate of drug-likeness (QED) is 0.778. The summed E-state index contributed by atoms with van der Waals surface area (Å²) in [6, 6.07) is 14.7. The van der Waals surface area contributed by atoms with E-state index >= 15 is 0 Å². The lowest BCUT2D eigenvalue weighted by Gasteiger charge is -2.07. The summed E-state index contributed by atoms with van der Waals surface area (Å²) < 4.78 is 7.69. The first kappa shape index (κ1) is 11.6. The van der Waals surface area contributed by atoms with E-state index in [9.17, 15) is 5.11 Å². The van der Waals surface area contributed by atoms with E-state index in [1.54, 1.807) is 24.3 Å². The highest BCUT2D eigenvalue weighted by Gasteiger charge is 2.01. The van der Waals surface area contributed by atoms with Gasteiger partial charge in [0.05, 0.1) is 23.9 Å². The fourth-order valence-electron chi connectivity index (χ4n) is 1.99. The molecule has 4 nitrogen and oxygen atoms in total. The lowest BCUT2D eigenvalue weighted by atomic mass is 10.3. The topological polar surface area (TPSA) is 47.3 Å². The number of fused-ring (bicyclic) bond motifs is 1. The molecular weight excluding hydrogens is 240 g/mol. The van der Waals surface area contributed by atoms with Gasteiger partial charge in [0.2, 0.25) is 0 Å². The zero-order valence-electron chi connectivity index (χ0n) is 10.4. The summed E-state index contributed by atoms with van der Waals surface area (Å²) in [7, 11) is 0. The van der Waals surface area contributed by atoms with Gasteiger partial charge in [-0.05, 0) is 36.4 Å². The maximum absolute atomic E-state index is 9.18. The Bertz CT molecular complexity index is 674. The Balaban J connectivity index is 1.65. The highest BCUT2D eigenvalue weighted by atomic mass is 16.5. The molecule has 0 fully saturated rings. The molecule has 4 heteroatoms. The number of benzene rings is 2. The minimum atomic E-state index is 0.243. The molecule has 0 saturated carbocycles. The predicted octanol–water partition coefficient (Wildman–Crippen LogP) is 2.82. The minimum Gasteiger partial charge on any atom is -0.508 e. The van der Waals surface area contributed by atoms with Crippen molar-refractivity contribution in [2.45, 2.75) is 6.54 Å². The molecule has 0 radical (unpaired) electrons. The van der Waals surface area contributed by atoms with Crippen molar-refractivity contribution in [3.8, 4) is 11.5 Å². The molecule has 0 aliphatic rings. The Morgan fingerprint density at radius 2 is 1.84 bits per heavy atom. The number of phenols is 1. The molecule has 96 valence electrons. The van der Waals surface area contributed by atoms with Gasteiger partial charge in [0.1, 0.15) is 18.1 Å². The number of imidazole rings is 1. The van der Waals surface area contributed by atoms with Crippen LogP contribution in [0.15, 0.2) is 54.9 Å². The molecule has 0 amide bonds. The molecule has 0 saturated heterocycles. The van der Waals surface area contributed by atoms with E-state index < -0.39 is 0 Å². The van der Waals surface area contributed by atoms with Gasteiger partial charge in [-0.2, -0.15) is 0 Å². The minimum absolute atomic E-state index is 0.243. The van der Waals surface area contributed by atoms with Gasteiger partial charge in [-0.3, -0.25) is 0 Å². The Morgan fingerprint density at radius 1 is 1.05 bits per heavy atom. The number of para-hydroxylation sites is 2. The molecule has 0 atom stereocenters. The monoisotopic (exact) mass is 254 g/mol. The van der Waals surface area contributed by atoms with Gasteiger partial charge >= 0.3 is 0 Å². The van der Waals surface area contributed by atoms with Crippen LogP contribution in [0.4, 0.5) is 0 Å². The van der Waals surface area contributed by atoms with Crippen LogP contribution in [0.25, 0.3) is 11.0 Å². The molecule has 0 bridgehead atoms. The maximum atomic E-state index is 9.18. The zero-order chi connectivity index (χ0) is 13.1. The number of phenolic OH excluding ortho intramolecular Hbond substituents is 1. The molecular formula is C15H14N2O2. The van der Waals surface area contributed by atoms with Gasteiger partial charge in [0.25, 0.3) is 0 Å². The largest absolute Gasteiger partial charge is 0.508 e. The average molecular weight is 254 g/mol. The SMILES string of the molecule is Oc1ccc(OCCn2cnc3ccccc32)cc1. The molecule has 3 rings (SSSR count). The summed E-state index contributed by atoms with van der Waals surface area (Å²) in [5.74, 6) is 0.996. The number of hydrogen-bond acceptors (Lipinski definition) is 3. The van der Waals surface area contributed by atoms with E-state index in [-0.39, 0.29) is 5.75 Å². The van der Waals surface area contributed by atoms with Gasteiger partial charge in [0, 0.05) is 0 Å². The third-order valence-corrected chi connectivity index (χ3v) is 2.97. The van der Waals surface area contributed by atoms with Crippen molar-refractivity contribution in [1.82, 2.24) is 9.55 Å². The van der Waals surface area contributed by atoms with Gasteiger partial charge in [-0.25, -0.2) is 4.98 Å². The number of aromatic hydroxyl groups is 1. The molecule has 0 aliphatic heterocycles. The Kier molecular flexibility index (Phi) is 3.06. The van der Waals surface area contributed by atoms with Crippen LogP contribution in [0.5, 0.6) is 11.5 Å². The van der Waals surface area contributed by atoms with E-state index in [1.165, 1.54) is 0 Å². The second kappa shape index (κ2) is 5.02. The normalized spacial score (nSPS) is 10.7. The van der Waals surface area contributed by atoms with Crippen molar-refractivity contribution in [2.24, 2.45) is 0 Å². The summed E-state index contributed by atoms with van der Waals surface area (Å²) in [4.78, 5) is 4.33. The maximum Gasteiger partial charge on any atom is 0.119 e. The van der Waals surface area contributed by atoms with Crippen molar-refractivity contribution >= 4 is 11.0 Å². The van der Waals surface area contributed by atoms with Crippen molar-refractivity contribution in [1.29, 1.82) is 0 Å². The van der Waals surface area contributed by atoms with Crippen molar-refractivity contribution in [2.75, 3.05) is 6.61 Å². The molecule has 1 aromatic heterocycles. The first-order chi connectivity index (χ1) is 9.33. The number of nitrogens with zero attached hydrogens (tertiary/aromatic N) is 2. The smallest absolute Gasteiger partial charge is 0.119 e. The first-order valence-corrected chi connectivity index (χ1v) is 6.14. The molecule has 0 spiro atoms. The zero-order valence-corrected chi connectivity index (χ0v) is 10.4. The molecule has 19 heavy (non-hydrogen) atoms. The number of hydrogen-bond donors (Lipinski definition) is 1. The van der Waals surface area contributed by atoms with E-state index in [4.69, 9.17) is 4.74 Å². The number of rotatable bonds is 4. The molecule has 2 aromatic carbocycles. The van der Waals surface area contributed by atoms with Crippen LogP contribution in [-0.4, -0.2) is 21.3 Å². The van der Waals surface area contributed by atoms with Gasteiger partial charge in [-0.1, -0.05) is 12.1 Å². The average Bonchev–Trinajstić information content (AvgIpc) is 2.85. The second-order valence-electron chi connectivity index (χ2n) is 4.27. The second-order valence-corrected chi connectivity index (χ2v) is 4.27. The fourth-order valence-corrected chi connectivity index (χ4v) is 1.99.